The molecule has 0 atom stereocenters. The van der Waals surface area contributed by atoms with Crippen LogP contribution in [0, 0.1) is 0 Å². The van der Waals surface area contributed by atoms with E-state index in [0.717, 1.165) is 23.6 Å². The van der Waals surface area contributed by atoms with Gasteiger partial charge in [0.25, 0.3) is 0 Å². The molecule has 0 unspecified atom stereocenters. The van der Waals surface area contributed by atoms with Crippen LogP contribution in [0.1, 0.15) is 56.7 Å². The van der Waals surface area contributed by atoms with Crippen LogP contribution < -0.4 is 5.73 Å². The molecule has 3 heteroatoms. The Morgan fingerprint density at radius 2 is 1.53 bits per heavy atom. The Morgan fingerprint density at radius 1 is 1.07 bits per heavy atom. The zero-order valence-corrected chi connectivity index (χ0v) is 10.1. The number of hydrogen-bond donors (Lipinski definition) is 1. The van der Waals surface area contributed by atoms with Gasteiger partial charge in [0.15, 0.2) is 0 Å². The van der Waals surface area contributed by atoms with E-state index in [1.165, 1.54) is 0 Å². The number of aromatic nitrogens is 2. The molecule has 2 N–H and O–H groups in total. The molecule has 0 aliphatic heterocycles. The van der Waals surface area contributed by atoms with Crippen molar-refractivity contribution >= 4 is 0 Å². The van der Waals surface area contributed by atoms with Crippen LogP contribution in [0.2, 0.25) is 0 Å². The fraction of sp³-hybridized carbons (Fsp3) is 0.667. The lowest BCUT2D eigenvalue weighted by molar-refractivity contribution is 0.728. The first-order valence-corrected chi connectivity index (χ1v) is 5.62. The molecule has 15 heavy (non-hydrogen) atoms. The minimum absolute atomic E-state index is 0.446. The Labute approximate surface area is 92.1 Å². The lowest BCUT2D eigenvalue weighted by Gasteiger charge is -2.11. The number of nitrogens with two attached hydrogens (primary N) is 1. The molecule has 0 fully saturated rings. The highest BCUT2D eigenvalue weighted by atomic mass is 14.9. The lowest BCUT2D eigenvalue weighted by atomic mass is 10.0. The molecule has 1 aromatic heterocycles. The maximum atomic E-state index is 5.53. The van der Waals surface area contributed by atoms with E-state index < -0.39 is 0 Å². The van der Waals surface area contributed by atoms with Gasteiger partial charge in [-0.1, -0.05) is 27.7 Å². The fourth-order valence-corrected chi connectivity index (χ4v) is 1.37. The highest BCUT2D eigenvalue weighted by molar-refractivity contribution is 5.17. The van der Waals surface area contributed by atoms with E-state index in [-0.39, 0.29) is 0 Å². The van der Waals surface area contributed by atoms with E-state index >= 15 is 0 Å². The molecule has 0 amide bonds. The van der Waals surface area contributed by atoms with Crippen LogP contribution in [-0.2, 0) is 6.42 Å². The van der Waals surface area contributed by atoms with Gasteiger partial charge in [-0.25, -0.2) is 9.97 Å². The fourth-order valence-electron chi connectivity index (χ4n) is 1.37. The SMILES string of the molecule is CC(C)c1cc(C(C)C)nc(CCN)n1. The molecule has 84 valence electrons. The van der Waals surface area contributed by atoms with Crippen LogP contribution in [-0.4, -0.2) is 16.5 Å². The molecular formula is C12H21N3. The number of hydrogen-bond acceptors (Lipinski definition) is 3. The molecular weight excluding hydrogens is 186 g/mol. The Kier molecular flexibility index (Phi) is 4.21. The van der Waals surface area contributed by atoms with E-state index in [9.17, 15) is 0 Å². The van der Waals surface area contributed by atoms with Gasteiger partial charge < -0.3 is 5.73 Å². The van der Waals surface area contributed by atoms with Gasteiger partial charge in [0.2, 0.25) is 0 Å². The van der Waals surface area contributed by atoms with Gasteiger partial charge in [0.05, 0.1) is 0 Å². The predicted molar refractivity (Wildman–Crippen MR) is 63.0 cm³/mol. The van der Waals surface area contributed by atoms with E-state index in [1.807, 2.05) is 0 Å². The van der Waals surface area contributed by atoms with Gasteiger partial charge in [-0.15, -0.1) is 0 Å². The average molecular weight is 207 g/mol. The minimum Gasteiger partial charge on any atom is -0.330 e. The Balaban J connectivity index is 3.08. The maximum Gasteiger partial charge on any atom is 0.130 e. The molecule has 0 spiro atoms. The van der Waals surface area contributed by atoms with Crippen LogP contribution in [0.5, 0.6) is 0 Å². The van der Waals surface area contributed by atoms with Crippen LogP contribution in [0.25, 0.3) is 0 Å². The third-order valence-electron chi connectivity index (χ3n) is 2.36. The molecule has 0 aliphatic rings. The van der Waals surface area contributed by atoms with Crippen molar-refractivity contribution < 1.29 is 0 Å². The molecule has 1 aromatic rings. The van der Waals surface area contributed by atoms with Crippen LogP contribution >= 0.6 is 0 Å². The lowest BCUT2D eigenvalue weighted by Crippen LogP contribution is -2.10. The topological polar surface area (TPSA) is 51.8 Å². The van der Waals surface area contributed by atoms with Crippen molar-refractivity contribution in [2.24, 2.45) is 5.73 Å². The van der Waals surface area contributed by atoms with Crippen molar-refractivity contribution in [3.63, 3.8) is 0 Å². The Bertz CT molecular complexity index is 292. The average Bonchev–Trinajstić information content (AvgIpc) is 2.17. The van der Waals surface area contributed by atoms with E-state index in [0.29, 0.717) is 18.4 Å². The molecule has 1 heterocycles. The molecule has 0 radical (unpaired) electrons. The standard InChI is InChI=1S/C12H21N3/c1-8(2)10-7-11(9(3)4)15-12(14-10)5-6-13/h7-9H,5-6,13H2,1-4H3. The largest absolute Gasteiger partial charge is 0.330 e. The summed E-state index contributed by atoms with van der Waals surface area (Å²) in [5, 5.41) is 0. The molecule has 0 saturated heterocycles. The highest BCUT2D eigenvalue weighted by Crippen LogP contribution is 2.18. The second-order valence-corrected chi connectivity index (χ2v) is 4.48. The second kappa shape index (κ2) is 5.21. The summed E-state index contributed by atoms with van der Waals surface area (Å²) < 4.78 is 0. The first kappa shape index (κ1) is 12.1. The zero-order chi connectivity index (χ0) is 11.4. The van der Waals surface area contributed by atoms with Crippen molar-refractivity contribution in [2.45, 2.75) is 46.0 Å². The normalized spacial score (nSPS) is 11.4. The smallest absolute Gasteiger partial charge is 0.130 e. The summed E-state index contributed by atoms with van der Waals surface area (Å²) in [7, 11) is 0. The summed E-state index contributed by atoms with van der Waals surface area (Å²) in [5.74, 6) is 1.77. The highest BCUT2D eigenvalue weighted by Gasteiger charge is 2.09. The first-order valence-electron chi connectivity index (χ1n) is 5.62. The summed E-state index contributed by atoms with van der Waals surface area (Å²) >= 11 is 0. The van der Waals surface area contributed by atoms with Crippen LogP contribution in [0.4, 0.5) is 0 Å². The number of nitrogens with zero attached hydrogens (tertiary/aromatic N) is 2. The summed E-state index contributed by atoms with van der Waals surface area (Å²) in [6, 6.07) is 2.11. The molecule has 0 bridgehead atoms. The molecule has 3 nitrogen and oxygen atoms in total. The molecule has 0 aromatic carbocycles. The van der Waals surface area contributed by atoms with Crippen molar-refractivity contribution in [3.8, 4) is 0 Å². The van der Waals surface area contributed by atoms with Crippen LogP contribution in [0.3, 0.4) is 0 Å². The van der Waals surface area contributed by atoms with Crippen LogP contribution in [0.15, 0.2) is 6.07 Å². The summed E-state index contributed by atoms with van der Waals surface area (Å²) in [6.45, 7) is 9.22. The van der Waals surface area contributed by atoms with Crippen molar-refractivity contribution in [2.75, 3.05) is 6.54 Å². The second-order valence-electron chi connectivity index (χ2n) is 4.48. The van der Waals surface area contributed by atoms with Gasteiger partial charge in [-0.05, 0) is 24.4 Å². The van der Waals surface area contributed by atoms with Gasteiger partial charge in [-0.2, -0.15) is 0 Å². The first-order chi connectivity index (χ1) is 7.04. The zero-order valence-electron chi connectivity index (χ0n) is 10.1. The summed E-state index contributed by atoms with van der Waals surface area (Å²) in [4.78, 5) is 9.03. The molecule has 0 aliphatic carbocycles. The van der Waals surface area contributed by atoms with Gasteiger partial charge >= 0.3 is 0 Å². The van der Waals surface area contributed by atoms with Gasteiger partial charge in [0, 0.05) is 17.8 Å². The Hall–Kier alpha value is -0.960. The van der Waals surface area contributed by atoms with Gasteiger partial charge in [0.1, 0.15) is 5.82 Å². The van der Waals surface area contributed by atoms with Crippen molar-refractivity contribution in [3.05, 3.63) is 23.3 Å². The van der Waals surface area contributed by atoms with Crippen molar-refractivity contribution in [1.82, 2.24) is 9.97 Å². The predicted octanol–water partition coefficient (Wildman–Crippen LogP) is 2.22. The third-order valence-corrected chi connectivity index (χ3v) is 2.36. The summed E-state index contributed by atoms with van der Waals surface area (Å²) in [6.07, 6.45) is 0.764. The maximum absolute atomic E-state index is 5.53. The van der Waals surface area contributed by atoms with Crippen molar-refractivity contribution in [1.29, 1.82) is 0 Å². The van der Waals surface area contributed by atoms with E-state index in [2.05, 4.69) is 43.7 Å². The molecule has 0 saturated carbocycles. The van der Waals surface area contributed by atoms with Gasteiger partial charge in [-0.3, -0.25) is 0 Å². The molecule has 1 rings (SSSR count). The third kappa shape index (κ3) is 3.27. The van der Waals surface area contributed by atoms with E-state index in [1.54, 1.807) is 0 Å². The summed E-state index contributed by atoms with van der Waals surface area (Å²) in [5.41, 5.74) is 7.78. The van der Waals surface area contributed by atoms with E-state index in [4.69, 9.17) is 5.73 Å². The monoisotopic (exact) mass is 207 g/mol. The quantitative estimate of drug-likeness (QED) is 0.823. The Morgan fingerprint density at radius 3 is 1.87 bits per heavy atom. The minimum atomic E-state index is 0.446. The number of rotatable bonds is 4.